The zero-order valence-electron chi connectivity index (χ0n) is 8.92. The van der Waals surface area contributed by atoms with E-state index < -0.39 is 0 Å². The molecule has 0 aliphatic heterocycles. The normalized spacial score (nSPS) is 15.8. The topological polar surface area (TPSA) is 27.0 Å². The SMILES string of the molecule is CCN(CC)C(C#N)C(Br)C(C)C. The maximum Gasteiger partial charge on any atom is 0.111 e. The zero-order valence-corrected chi connectivity index (χ0v) is 10.5. The molecule has 13 heavy (non-hydrogen) atoms. The van der Waals surface area contributed by atoms with E-state index in [2.05, 4.69) is 54.6 Å². The van der Waals surface area contributed by atoms with Crippen LogP contribution in [0.1, 0.15) is 27.7 Å². The standard InChI is InChI=1S/C10H19BrN2/c1-5-13(6-2)9(7-12)10(11)8(3)4/h8-10H,5-6H2,1-4H3. The van der Waals surface area contributed by atoms with Crippen molar-refractivity contribution in [3.8, 4) is 6.07 Å². The van der Waals surface area contributed by atoms with E-state index in [-0.39, 0.29) is 10.9 Å². The van der Waals surface area contributed by atoms with Crippen LogP contribution in [-0.4, -0.2) is 28.9 Å². The van der Waals surface area contributed by atoms with Crippen LogP contribution in [0.2, 0.25) is 0 Å². The molecule has 0 N–H and O–H groups in total. The van der Waals surface area contributed by atoms with Gasteiger partial charge in [-0.05, 0) is 19.0 Å². The molecule has 3 heteroatoms. The van der Waals surface area contributed by atoms with Crippen molar-refractivity contribution in [1.82, 2.24) is 4.90 Å². The minimum atomic E-state index is -0.00463. The van der Waals surface area contributed by atoms with Crippen molar-refractivity contribution >= 4 is 15.9 Å². The maximum absolute atomic E-state index is 9.06. The predicted octanol–water partition coefficient (Wildman–Crippen LogP) is 2.64. The Bertz CT molecular complexity index is 168. The van der Waals surface area contributed by atoms with Crippen molar-refractivity contribution in [2.45, 2.75) is 38.6 Å². The molecule has 0 amide bonds. The van der Waals surface area contributed by atoms with Gasteiger partial charge < -0.3 is 0 Å². The smallest absolute Gasteiger partial charge is 0.111 e. The number of rotatable bonds is 5. The number of halogens is 1. The summed E-state index contributed by atoms with van der Waals surface area (Å²) in [6, 6.07) is 2.36. The van der Waals surface area contributed by atoms with Crippen LogP contribution in [0.25, 0.3) is 0 Å². The minimum absolute atomic E-state index is 0.00463. The molecule has 0 heterocycles. The van der Waals surface area contributed by atoms with Gasteiger partial charge in [0, 0.05) is 4.83 Å². The molecule has 0 aliphatic carbocycles. The molecule has 0 saturated heterocycles. The zero-order chi connectivity index (χ0) is 10.4. The summed E-state index contributed by atoms with van der Waals surface area (Å²) in [6.07, 6.45) is 0. The van der Waals surface area contributed by atoms with Crippen LogP contribution in [0.5, 0.6) is 0 Å². The average Bonchev–Trinajstić information content (AvgIpc) is 2.12. The molecule has 0 spiro atoms. The van der Waals surface area contributed by atoms with Gasteiger partial charge in [0.2, 0.25) is 0 Å². The molecular formula is C10H19BrN2. The van der Waals surface area contributed by atoms with Crippen molar-refractivity contribution in [3.05, 3.63) is 0 Å². The van der Waals surface area contributed by atoms with Crippen LogP contribution in [-0.2, 0) is 0 Å². The molecular weight excluding hydrogens is 228 g/mol. The van der Waals surface area contributed by atoms with Crippen LogP contribution in [0.3, 0.4) is 0 Å². The predicted molar refractivity (Wildman–Crippen MR) is 59.9 cm³/mol. The van der Waals surface area contributed by atoms with Gasteiger partial charge in [0.25, 0.3) is 0 Å². The van der Waals surface area contributed by atoms with E-state index in [0.29, 0.717) is 5.92 Å². The van der Waals surface area contributed by atoms with Gasteiger partial charge in [-0.2, -0.15) is 5.26 Å². The summed E-state index contributed by atoms with van der Waals surface area (Å²) in [4.78, 5) is 2.44. The van der Waals surface area contributed by atoms with Gasteiger partial charge >= 0.3 is 0 Å². The van der Waals surface area contributed by atoms with Crippen LogP contribution >= 0.6 is 15.9 Å². The molecule has 2 atom stereocenters. The third kappa shape index (κ3) is 3.66. The second-order valence-corrected chi connectivity index (χ2v) is 4.54. The minimum Gasteiger partial charge on any atom is -0.288 e. The van der Waals surface area contributed by atoms with Crippen LogP contribution in [0.15, 0.2) is 0 Å². The Balaban J connectivity index is 4.40. The number of nitriles is 1. The van der Waals surface area contributed by atoms with Gasteiger partial charge in [0.05, 0.1) is 6.07 Å². The van der Waals surface area contributed by atoms with Crippen molar-refractivity contribution in [2.24, 2.45) is 5.92 Å². The van der Waals surface area contributed by atoms with E-state index in [9.17, 15) is 0 Å². The fraction of sp³-hybridized carbons (Fsp3) is 0.900. The highest BCUT2D eigenvalue weighted by Crippen LogP contribution is 2.20. The Morgan fingerprint density at radius 3 is 2.00 bits per heavy atom. The van der Waals surface area contributed by atoms with Gasteiger partial charge in [-0.3, -0.25) is 4.90 Å². The summed E-state index contributed by atoms with van der Waals surface area (Å²) in [5.41, 5.74) is 0. The largest absolute Gasteiger partial charge is 0.288 e. The molecule has 0 aliphatic rings. The molecule has 0 rings (SSSR count). The molecule has 76 valence electrons. The lowest BCUT2D eigenvalue weighted by Crippen LogP contribution is -2.42. The summed E-state index contributed by atoms with van der Waals surface area (Å²) in [7, 11) is 0. The highest BCUT2D eigenvalue weighted by atomic mass is 79.9. The monoisotopic (exact) mass is 246 g/mol. The first-order chi connectivity index (χ1) is 6.08. The van der Waals surface area contributed by atoms with Crippen LogP contribution in [0.4, 0.5) is 0 Å². The number of hydrogen-bond donors (Lipinski definition) is 0. The third-order valence-corrected chi connectivity index (χ3v) is 3.83. The lowest BCUT2D eigenvalue weighted by molar-refractivity contribution is 0.241. The number of alkyl halides is 1. The fourth-order valence-electron chi connectivity index (χ4n) is 1.34. The summed E-state index contributed by atoms with van der Waals surface area (Å²) < 4.78 is 0. The second-order valence-electron chi connectivity index (χ2n) is 3.48. The molecule has 0 aromatic heterocycles. The Morgan fingerprint density at radius 1 is 1.31 bits per heavy atom. The van der Waals surface area contributed by atoms with Gasteiger partial charge in [-0.25, -0.2) is 0 Å². The summed E-state index contributed by atoms with van der Waals surface area (Å²) in [5.74, 6) is 0.491. The van der Waals surface area contributed by atoms with Crippen molar-refractivity contribution in [2.75, 3.05) is 13.1 Å². The first-order valence-electron chi connectivity index (χ1n) is 4.86. The van der Waals surface area contributed by atoms with Gasteiger partial charge in [-0.1, -0.05) is 43.6 Å². The summed E-state index contributed by atoms with van der Waals surface area (Å²) in [6.45, 7) is 10.3. The molecule has 0 fully saturated rings. The van der Waals surface area contributed by atoms with Gasteiger partial charge in [0.15, 0.2) is 0 Å². The van der Waals surface area contributed by atoms with E-state index in [1.54, 1.807) is 0 Å². The second kappa shape index (κ2) is 6.39. The molecule has 2 unspecified atom stereocenters. The Morgan fingerprint density at radius 2 is 1.77 bits per heavy atom. The fourth-order valence-corrected chi connectivity index (χ4v) is 1.79. The molecule has 2 nitrogen and oxygen atoms in total. The van der Waals surface area contributed by atoms with Gasteiger partial charge in [-0.15, -0.1) is 0 Å². The molecule has 0 bridgehead atoms. The molecule has 0 aromatic carbocycles. The Kier molecular flexibility index (Phi) is 6.36. The summed E-state index contributed by atoms with van der Waals surface area (Å²) in [5, 5.41) is 9.06. The highest BCUT2D eigenvalue weighted by molar-refractivity contribution is 9.09. The Hall–Kier alpha value is -0.0700. The van der Waals surface area contributed by atoms with E-state index >= 15 is 0 Å². The lowest BCUT2D eigenvalue weighted by Gasteiger charge is -2.29. The van der Waals surface area contributed by atoms with E-state index in [1.165, 1.54) is 0 Å². The van der Waals surface area contributed by atoms with Crippen molar-refractivity contribution in [3.63, 3.8) is 0 Å². The number of nitrogens with zero attached hydrogens (tertiary/aromatic N) is 2. The summed E-state index contributed by atoms with van der Waals surface area (Å²) >= 11 is 3.59. The van der Waals surface area contributed by atoms with Crippen LogP contribution in [0, 0.1) is 17.2 Å². The van der Waals surface area contributed by atoms with E-state index in [4.69, 9.17) is 5.26 Å². The van der Waals surface area contributed by atoms with Crippen LogP contribution < -0.4 is 0 Å². The van der Waals surface area contributed by atoms with Crippen molar-refractivity contribution < 1.29 is 0 Å². The third-order valence-electron chi connectivity index (χ3n) is 2.28. The first-order valence-corrected chi connectivity index (χ1v) is 5.77. The van der Waals surface area contributed by atoms with E-state index in [1.807, 2.05) is 0 Å². The molecule has 0 saturated carbocycles. The molecule has 0 radical (unpaired) electrons. The Labute approximate surface area is 90.0 Å². The highest BCUT2D eigenvalue weighted by Gasteiger charge is 2.25. The van der Waals surface area contributed by atoms with Crippen molar-refractivity contribution in [1.29, 1.82) is 5.26 Å². The average molecular weight is 247 g/mol. The molecule has 0 aromatic rings. The lowest BCUT2D eigenvalue weighted by atomic mass is 10.0. The number of hydrogen-bond acceptors (Lipinski definition) is 2. The maximum atomic E-state index is 9.06. The first kappa shape index (κ1) is 12.9. The van der Waals surface area contributed by atoms with Gasteiger partial charge in [0.1, 0.15) is 6.04 Å². The quantitative estimate of drug-likeness (QED) is 0.698. The van der Waals surface area contributed by atoms with E-state index in [0.717, 1.165) is 13.1 Å².